The fourth-order valence-corrected chi connectivity index (χ4v) is 3.40. The van der Waals surface area contributed by atoms with Gasteiger partial charge >= 0.3 is 6.03 Å². The van der Waals surface area contributed by atoms with Crippen molar-refractivity contribution in [3.05, 3.63) is 34.6 Å². The number of aliphatic hydroxyl groups excluding tert-OH is 1. The second-order valence-electron chi connectivity index (χ2n) is 7.41. The number of amides is 3. The molecule has 2 heterocycles. The maximum Gasteiger partial charge on any atom is 0.325 e. The van der Waals surface area contributed by atoms with E-state index in [1.165, 1.54) is 41.3 Å². The molecule has 0 bridgehead atoms. The van der Waals surface area contributed by atoms with E-state index in [0.717, 1.165) is 0 Å². The van der Waals surface area contributed by atoms with Crippen molar-refractivity contribution >= 4 is 35.7 Å². The smallest absolute Gasteiger partial charge is 0.325 e. The SMILES string of the molecule is CC(C)OCC(O)CN1C(N/N=C/c2c(F)cccc2Cl)=NC2C1C(=O)NC(=O)N2C. The number of fused-ring (bicyclic) bond motifs is 1. The normalized spacial score (nSPS) is 22.1. The van der Waals surface area contributed by atoms with Gasteiger partial charge in [-0.3, -0.25) is 10.1 Å². The van der Waals surface area contributed by atoms with E-state index >= 15 is 0 Å². The third kappa shape index (κ3) is 5.12. The van der Waals surface area contributed by atoms with Crippen LogP contribution in [0.25, 0.3) is 0 Å². The number of ether oxygens (including phenoxy) is 1. The van der Waals surface area contributed by atoms with Crippen molar-refractivity contribution in [1.82, 2.24) is 20.5 Å². The zero-order valence-corrected chi connectivity index (χ0v) is 18.0. The van der Waals surface area contributed by atoms with Crippen LogP contribution in [0.15, 0.2) is 28.3 Å². The van der Waals surface area contributed by atoms with Crippen molar-refractivity contribution in [2.75, 3.05) is 20.2 Å². The largest absolute Gasteiger partial charge is 0.389 e. The highest BCUT2D eigenvalue weighted by atomic mass is 35.5. The van der Waals surface area contributed by atoms with Crippen LogP contribution < -0.4 is 10.7 Å². The molecule has 2 aliphatic heterocycles. The maximum absolute atomic E-state index is 13.9. The number of β-amino-alcohol motifs (C(OH)–C–C–N with tert-alkyl or cyclic N) is 1. The zero-order chi connectivity index (χ0) is 22.7. The van der Waals surface area contributed by atoms with Crippen LogP contribution in [0.2, 0.25) is 5.02 Å². The second kappa shape index (κ2) is 9.58. The number of urea groups is 1. The molecule has 10 nitrogen and oxygen atoms in total. The van der Waals surface area contributed by atoms with Crippen LogP contribution in [0.5, 0.6) is 0 Å². The van der Waals surface area contributed by atoms with Gasteiger partial charge in [-0.05, 0) is 26.0 Å². The van der Waals surface area contributed by atoms with Gasteiger partial charge in [0.15, 0.2) is 12.2 Å². The third-order valence-corrected chi connectivity index (χ3v) is 5.08. The number of carbonyl (C=O) groups is 2. The van der Waals surface area contributed by atoms with Crippen LogP contribution >= 0.6 is 11.6 Å². The molecule has 1 aromatic carbocycles. The van der Waals surface area contributed by atoms with Gasteiger partial charge in [0.05, 0.1) is 36.6 Å². The van der Waals surface area contributed by atoms with Crippen molar-refractivity contribution in [1.29, 1.82) is 0 Å². The molecular formula is C19H24ClFN6O4. The van der Waals surface area contributed by atoms with Gasteiger partial charge < -0.3 is 19.6 Å². The lowest BCUT2D eigenvalue weighted by Crippen LogP contribution is -2.64. The highest BCUT2D eigenvalue weighted by Gasteiger charge is 2.49. The fraction of sp³-hybridized carbons (Fsp3) is 0.474. The first-order valence-electron chi connectivity index (χ1n) is 9.64. The molecule has 0 aliphatic carbocycles. The van der Waals surface area contributed by atoms with Gasteiger partial charge in [0.25, 0.3) is 5.91 Å². The molecular weight excluding hydrogens is 431 g/mol. The monoisotopic (exact) mass is 454 g/mol. The average molecular weight is 455 g/mol. The number of benzene rings is 1. The lowest BCUT2D eigenvalue weighted by Gasteiger charge is -2.36. The molecule has 3 atom stereocenters. The summed E-state index contributed by atoms with van der Waals surface area (Å²) in [7, 11) is 1.50. The fourth-order valence-electron chi connectivity index (χ4n) is 3.19. The molecule has 0 aromatic heterocycles. The Bertz CT molecular complexity index is 891. The van der Waals surface area contributed by atoms with Gasteiger partial charge in [0, 0.05) is 12.6 Å². The topological polar surface area (TPSA) is 119 Å². The summed E-state index contributed by atoms with van der Waals surface area (Å²) in [5.41, 5.74) is 2.75. The molecule has 3 unspecified atom stereocenters. The highest BCUT2D eigenvalue weighted by Crippen LogP contribution is 2.24. The number of hydrogen-bond donors (Lipinski definition) is 3. The number of nitrogens with zero attached hydrogens (tertiary/aromatic N) is 4. The minimum Gasteiger partial charge on any atom is -0.389 e. The molecule has 168 valence electrons. The summed E-state index contributed by atoms with van der Waals surface area (Å²) in [4.78, 5) is 31.6. The molecule has 1 saturated heterocycles. The number of nitrogens with one attached hydrogen (secondary N) is 2. The van der Waals surface area contributed by atoms with Gasteiger partial charge in [-0.1, -0.05) is 17.7 Å². The minimum atomic E-state index is -0.936. The predicted octanol–water partition coefficient (Wildman–Crippen LogP) is 0.736. The van der Waals surface area contributed by atoms with Gasteiger partial charge in [-0.2, -0.15) is 5.10 Å². The molecule has 0 saturated carbocycles. The number of carbonyl (C=O) groups excluding carboxylic acids is 2. The molecule has 0 spiro atoms. The summed E-state index contributed by atoms with van der Waals surface area (Å²) in [5, 5.41) is 16.8. The maximum atomic E-state index is 13.9. The van der Waals surface area contributed by atoms with Gasteiger partial charge in [0.1, 0.15) is 5.82 Å². The quantitative estimate of drug-likeness (QED) is 0.413. The Labute approximate surface area is 183 Å². The minimum absolute atomic E-state index is 0.00878. The summed E-state index contributed by atoms with van der Waals surface area (Å²) in [6, 6.07) is 2.79. The molecule has 3 amide bonds. The van der Waals surface area contributed by atoms with E-state index in [2.05, 4.69) is 20.8 Å². The number of hydrogen-bond acceptors (Lipinski definition) is 8. The predicted molar refractivity (Wildman–Crippen MR) is 112 cm³/mol. The van der Waals surface area contributed by atoms with E-state index in [1.807, 2.05) is 13.8 Å². The second-order valence-corrected chi connectivity index (χ2v) is 7.82. The van der Waals surface area contributed by atoms with Crippen molar-refractivity contribution in [3.8, 4) is 0 Å². The van der Waals surface area contributed by atoms with Crippen molar-refractivity contribution in [3.63, 3.8) is 0 Å². The standard InChI is InChI=1S/C19H24ClFN6O4/c1-10(2)31-9-11(28)8-27-15-16(26(3)19(30)24-17(15)29)23-18(27)25-22-7-12-13(20)5-4-6-14(12)21/h4-7,10-11,15-16,28H,8-9H2,1-3H3,(H,23,25)(H,24,29,30)/b22-7+. The van der Waals surface area contributed by atoms with E-state index in [9.17, 15) is 19.1 Å². The molecule has 1 aromatic rings. The van der Waals surface area contributed by atoms with E-state index in [0.29, 0.717) is 0 Å². The zero-order valence-electron chi connectivity index (χ0n) is 17.2. The van der Waals surface area contributed by atoms with Gasteiger partial charge in [0.2, 0.25) is 5.96 Å². The number of imide groups is 1. The Morgan fingerprint density at radius 1 is 1.45 bits per heavy atom. The molecule has 3 N–H and O–H groups in total. The number of halogens is 2. The number of guanidine groups is 1. The number of likely N-dealkylation sites (N-methyl/N-ethyl adjacent to an activating group) is 1. The Hall–Kier alpha value is -2.76. The summed E-state index contributed by atoms with van der Waals surface area (Å²) in [5.74, 6) is -0.964. The van der Waals surface area contributed by atoms with Crippen LogP contribution in [0.4, 0.5) is 9.18 Å². The molecule has 1 fully saturated rings. The van der Waals surface area contributed by atoms with Crippen LogP contribution in [-0.4, -0.2) is 83.6 Å². The van der Waals surface area contributed by atoms with Crippen LogP contribution in [0.1, 0.15) is 19.4 Å². The summed E-state index contributed by atoms with van der Waals surface area (Å²) >= 11 is 5.99. The van der Waals surface area contributed by atoms with Crippen LogP contribution in [0, 0.1) is 5.82 Å². The van der Waals surface area contributed by atoms with E-state index in [-0.39, 0.29) is 35.8 Å². The molecule has 0 radical (unpaired) electrons. The number of hydrazone groups is 1. The first kappa shape index (κ1) is 22.9. The van der Waals surface area contributed by atoms with E-state index in [4.69, 9.17) is 16.3 Å². The molecule has 31 heavy (non-hydrogen) atoms. The molecule has 12 heteroatoms. The first-order valence-corrected chi connectivity index (χ1v) is 10.0. The van der Waals surface area contributed by atoms with Gasteiger partial charge in [-0.15, -0.1) is 0 Å². The lowest BCUT2D eigenvalue weighted by atomic mass is 10.1. The van der Waals surface area contributed by atoms with Crippen LogP contribution in [0.3, 0.4) is 0 Å². The van der Waals surface area contributed by atoms with Gasteiger partial charge in [-0.25, -0.2) is 19.6 Å². The third-order valence-electron chi connectivity index (χ3n) is 4.75. The first-order chi connectivity index (χ1) is 14.7. The number of rotatable bonds is 7. The Balaban J connectivity index is 1.81. The number of aliphatic hydroxyl groups is 1. The van der Waals surface area contributed by atoms with Crippen molar-refractivity contribution < 1.29 is 23.8 Å². The van der Waals surface area contributed by atoms with E-state index in [1.54, 1.807) is 0 Å². The summed E-state index contributed by atoms with van der Waals surface area (Å²) in [6.45, 7) is 3.71. The summed E-state index contributed by atoms with van der Waals surface area (Å²) in [6.07, 6.45) is -0.639. The lowest BCUT2D eigenvalue weighted by molar-refractivity contribution is -0.127. The van der Waals surface area contributed by atoms with Crippen LogP contribution in [-0.2, 0) is 9.53 Å². The van der Waals surface area contributed by atoms with Crippen molar-refractivity contribution in [2.45, 2.75) is 38.3 Å². The highest BCUT2D eigenvalue weighted by molar-refractivity contribution is 6.33. The molecule has 3 rings (SSSR count). The van der Waals surface area contributed by atoms with E-state index < -0.39 is 36.1 Å². The Morgan fingerprint density at radius 2 is 2.19 bits per heavy atom. The Kier molecular flexibility index (Phi) is 7.08. The average Bonchev–Trinajstić information content (AvgIpc) is 3.05. The molecule has 2 aliphatic rings. The van der Waals surface area contributed by atoms with Crippen molar-refractivity contribution in [2.24, 2.45) is 10.1 Å². The Morgan fingerprint density at radius 3 is 2.87 bits per heavy atom. The number of aliphatic imine (C=N–C) groups is 1. The summed E-state index contributed by atoms with van der Waals surface area (Å²) < 4.78 is 19.4.